The SMILES string of the molecule is CC(C)(CN1CCSCC1)N1CCNCC1. The largest absolute Gasteiger partial charge is 0.314 e. The van der Waals surface area contributed by atoms with Gasteiger partial charge in [-0.1, -0.05) is 0 Å². The Balaban J connectivity index is 1.84. The first kappa shape index (κ1) is 12.7. The molecule has 0 aromatic heterocycles. The minimum absolute atomic E-state index is 0.337. The van der Waals surface area contributed by atoms with Gasteiger partial charge >= 0.3 is 0 Å². The zero-order valence-electron chi connectivity index (χ0n) is 10.7. The minimum Gasteiger partial charge on any atom is -0.314 e. The molecule has 0 radical (unpaired) electrons. The highest BCUT2D eigenvalue weighted by molar-refractivity contribution is 7.99. The molecule has 2 rings (SSSR count). The Kier molecular flexibility index (Phi) is 4.53. The van der Waals surface area contributed by atoms with E-state index in [0.29, 0.717) is 5.54 Å². The lowest BCUT2D eigenvalue weighted by molar-refractivity contribution is 0.0665. The lowest BCUT2D eigenvalue weighted by atomic mass is 10.0. The van der Waals surface area contributed by atoms with Crippen molar-refractivity contribution in [1.82, 2.24) is 15.1 Å². The van der Waals surface area contributed by atoms with Crippen molar-refractivity contribution < 1.29 is 0 Å². The van der Waals surface area contributed by atoms with Crippen LogP contribution < -0.4 is 5.32 Å². The monoisotopic (exact) mass is 243 g/mol. The Labute approximate surface area is 104 Å². The van der Waals surface area contributed by atoms with Crippen molar-refractivity contribution >= 4 is 11.8 Å². The van der Waals surface area contributed by atoms with Gasteiger partial charge in [-0.25, -0.2) is 0 Å². The maximum Gasteiger partial charge on any atom is 0.0281 e. The van der Waals surface area contributed by atoms with Crippen molar-refractivity contribution in [3.05, 3.63) is 0 Å². The maximum absolute atomic E-state index is 3.43. The maximum atomic E-state index is 3.43. The molecule has 0 saturated carbocycles. The van der Waals surface area contributed by atoms with Crippen LogP contribution in [-0.2, 0) is 0 Å². The highest BCUT2D eigenvalue weighted by atomic mass is 32.2. The second-order valence-electron chi connectivity index (χ2n) is 5.44. The highest BCUT2D eigenvalue weighted by Crippen LogP contribution is 2.19. The van der Waals surface area contributed by atoms with Crippen LogP contribution in [0.5, 0.6) is 0 Å². The summed E-state index contributed by atoms with van der Waals surface area (Å²) in [6.45, 7) is 13.3. The van der Waals surface area contributed by atoms with E-state index in [1.54, 1.807) is 0 Å². The average molecular weight is 243 g/mol. The van der Waals surface area contributed by atoms with E-state index in [2.05, 4.69) is 40.7 Å². The third kappa shape index (κ3) is 3.36. The molecule has 3 nitrogen and oxygen atoms in total. The molecule has 0 spiro atoms. The van der Waals surface area contributed by atoms with Crippen LogP contribution in [-0.4, -0.2) is 72.7 Å². The van der Waals surface area contributed by atoms with Crippen LogP contribution in [0.3, 0.4) is 0 Å². The van der Waals surface area contributed by atoms with Gasteiger partial charge in [0.15, 0.2) is 0 Å². The van der Waals surface area contributed by atoms with Crippen LogP contribution >= 0.6 is 11.8 Å². The molecule has 0 unspecified atom stereocenters. The summed E-state index contributed by atoms with van der Waals surface area (Å²) < 4.78 is 0. The summed E-state index contributed by atoms with van der Waals surface area (Å²) in [6, 6.07) is 0. The number of nitrogens with one attached hydrogen (secondary N) is 1. The molecular weight excluding hydrogens is 218 g/mol. The van der Waals surface area contributed by atoms with Gasteiger partial charge in [0.1, 0.15) is 0 Å². The van der Waals surface area contributed by atoms with Gasteiger partial charge < -0.3 is 5.32 Å². The van der Waals surface area contributed by atoms with Crippen LogP contribution in [0.25, 0.3) is 0 Å². The smallest absolute Gasteiger partial charge is 0.0281 e. The van der Waals surface area contributed by atoms with E-state index in [1.807, 2.05) is 0 Å². The molecule has 4 heteroatoms. The molecule has 2 fully saturated rings. The van der Waals surface area contributed by atoms with Crippen LogP contribution in [0, 0.1) is 0 Å². The normalized spacial score (nSPS) is 25.9. The predicted molar refractivity (Wildman–Crippen MR) is 72.3 cm³/mol. The van der Waals surface area contributed by atoms with Crippen LogP contribution in [0.1, 0.15) is 13.8 Å². The fraction of sp³-hybridized carbons (Fsp3) is 1.00. The molecule has 2 heterocycles. The van der Waals surface area contributed by atoms with E-state index < -0.39 is 0 Å². The lowest BCUT2D eigenvalue weighted by Crippen LogP contribution is -2.58. The van der Waals surface area contributed by atoms with E-state index in [1.165, 1.54) is 44.2 Å². The van der Waals surface area contributed by atoms with Crippen LogP contribution in [0.4, 0.5) is 0 Å². The molecule has 0 aromatic rings. The van der Waals surface area contributed by atoms with Gasteiger partial charge in [0.25, 0.3) is 0 Å². The van der Waals surface area contributed by atoms with Gasteiger partial charge in [-0.3, -0.25) is 9.80 Å². The first-order valence-corrected chi connectivity index (χ1v) is 7.60. The van der Waals surface area contributed by atoms with Crippen molar-refractivity contribution in [2.45, 2.75) is 19.4 Å². The number of piperazine rings is 1. The molecule has 2 saturated heterocycles. The summed E-state index contributed by atoms with van der Waals surface area (Å²) in [5.41, 5.74) is 0.337. The Morgan fingerprint density at radius 3 is 2.31 bits per heavy atom. The van der Waals surface area contributed by atoms with Gasteiger partial charge in [-0.15, -0.1) is 0 Å². The summed E-state index contributed by atoms with van der Waals surface area (Å²) in [6.07, 6.45) is 0. The van der Waals surface area contributed by atoms with Crippen LogP contribution in [0.15, 0.2) is 0 Å². The summed E-state index contributed by atoms with van der Waals surface area (Å²) in [7, 11) is 0. The standard InChI is InChI=1S/C12H25N3S/c1-12(2,15-5-3-13-4-6-15)11-14-7-9-16-10-8-14/h13H,3-11H2,1-2H3. The third-order valence-electron chi connectivity index (χ3n) is 3.69. The molecule has 0 aromatic carbocycles. The molecule has 1 N–H and O–H groups in total. The molecule has 2 aliphatic rings. The predicted octanol–water partition coefficient (Wildman–Crippen LogP) is 0.719. The fourth-order valence-electron chi connectivity index (χ4n) is 2.68. The molecule has 0 aliphatic carbocycles. The quantitative estimate of drug-likeness (QED) is 0.787. The summed E-state index contributed by atoms with van der Waals surface area (Å²) in [4.78, 5) is 5.28. The Bertz CT molecular complexity index is 208. The first-order valence-electron chi connectivity index (χ1n) is 6.44. The third-order valence-corrected chi connectivity index (χ3v) is 4.63. The second-order valence-corrected chi connectivity index (χ2v) is 6.66. The van der Waals surface area contributed by atoms with Gasteiger partial charge in [-0.2, -0.15) is 11.8 Å². The number of nitrogens with zero attached hydrogens (tertiary/aromatic N) is 2. The number of hydrogen-bond donors (Lipinski definition) is 1. The zero-order valence-corrected chi connectivity index (χ0v) is 11.5. The molecular formula is C12H25N3S. The van der Waals surface area contributed by atoms with Crippen molar-refractivity contribution in [2.75, 3.05) is 57.3 Å². The molecule has 94 valence electrons. The Morgan fingerprint density at radius 1 is 1.06 bits per heavy atom. The minimum atomic E-state index is 0.337. The Morgan fingerprint density at radius 2 is 1.69 bits per heavy atom. The molecule has 0 atom stereocenters. The number of rotatable bonds is 3. The number of thioether (sulfide) groups is 1. The van der Waals surface area contributed by atoms with Crippen molar-refractivity contribution in [3.63, 3.8) is 0 Å². The average Bonchev–Trinajstić information content (AvgIpc) is 2.31. The van der Waals surface area contributed by atoms with Crippen molar-refractivity contribution in [1.29, 1.82) is 0 Å². The molecule has 0 amide bonds. The fourth-order valence-corrected chi connectivity index (χ4v) is 3.66. The lowest BCUT2D eigenvalue weighted by Gasteiger charge is -2.44. The zero-order chi connectivity index (χ0) is 11.4. The highest BCUT2D eigenvalue weighted by Gasteiger charge is 2.30. The van der Waals surface area contributed by atoms with Crippen LogP contribution in [0.2, 0.25) is 0 Å². The van der Waals surface area contributed by atoms with E-state index in [9.17, 15) is 0 Å². The van der Waals surface area contributed by atoms with Crippen molar-refractivity contribution in [2.24, 2.45) is 0 Å². The van der Waals surface area contributed by atoms with Crippen molar-refractivity contribution in [3.8, 4) is 0 Å². The molecule has 16 heavy (non-hydrogen) atoms. The molecule has 0 bridgehead atoms. The van der Waals surface area contributed by atoms with Gasteiger partial charge in [-0.05, 0) is 13.8 Å². The van der Waals surface area contributed by atoms with E-state index in [0.717, 1.165) is 13.1 Å². The summed E-state index contributed by atoms with van der Waals surface area (Å²) >= 11 is 2.09. The summed E-state index contributed by atoms with van der Waals surface area (Å²) in [5.74, 6) is 2.63. The topological polar surface area (TPSA) is 18.5 Å². The van der Waals surface area contributed by atoms with Gasteiger partial charge in [0.2, 0.25) is 0 Å². The van der Waals surface area contributed by atoms with Gasteiger partial charge in [0, 0.05) is 62.9 Å². The molecule has 2 aliphatic heterocycles. The Hall–Kier alpha value is 0.230. The van der Waals surface area contributed by atoms with E-state index in [4.69, 9.17) is 0 Å². The summed E-state index contributed by atoms with van der Waals surface area (Å²) in [5, 5.41) is 3.43. The first-order chi connectivity index (χ1) is 7.68. The number of hydrogen-bond acceptors (Lipinski definition) is 4. The van der Waals surface area contributed by atoms with E-state index >= 15 is 0 Å². The second kappa shape index (κ2) is 5.71. The van der Waals surface area contributed by atoms with Gasteiger partial charge in [0.05, 0.1) is 0 Å². The van der Waals surface area contributed by atoms with E-state index in [-0.39, 0.29) is 0 Å².